The van der Waals surface area contributed by atoms with Gasteiger partial charge in [0, 0.05) is 16.1 Å². The molecule has 3 N–H and O–H groups in total. The number of methoxy groups -OCH3 is 1. The Morgan fingerprint density at radius 2 is 2.09 bits per heavy atom. The monoisotopic (exact) mass is 543 g/mol. The number of nitrogens with one attached hydrogen (secondary N) is 1. The van der Waals surface area contributed by atoms with Crippen LogP contribution in [0.1, 0.15) is 39.0 Å². The van der Waals surface area contributed by atoms with Crippen LogP contribution in [-0.2, 0) is 6.54 Å². The van der Waals surface area contributed by atoms with Crippen LogP contribution in [0.5, 0.6) is 17.2 Å². The van der Waals surface area contributed by atoms with Gasteiger partial charge in [0.2, 0.25) is 0 Å². The third-order valence-electron chi connectivity index (χ3n) is 5.89. The van der Waals surface area contributed by atoms with Crippen LogP contribution in [-0.4, -0.2) is 38.3 Å². The van der Waals surface area contributed by atoms with Crippen molar-refractivity contribution >= 4 is 33.4 Å². The second-order valence-corrected chi connectivity index (χ2v) is 9.21. The Bertz CT molecular complexity index is 1420. The topological polar surface area (TPSA) is 112 Å². The maximum atomic E-state index is 13.5. The third kappa shape index (κ3) is 3.52. The van der Waals surface area contributed by atoms with Crippen molar-refractivity contribution in [2.75, 3.05) is 7.11 Å². The number of rotatable bonds is 5. The molecule has 34 heavy (non-hydrogen) atoms. The number of phenolic OH excluding ortho intramolecular Hbond substituents is 2. The van der Waals surface area contributed by atoms with E-state index in [4.69, 9.17) is 20.8 Å². The van der Waals surface area contributed by atoms with Gasteiger partial charge in [-0.2, -0.15) is 5.10 Å². The number of hydrogen-bond donors (Lipinski definition) is 3. The lowest BCUT2D eigenvalue weighted by molar-refractivity contribution is 0.0716. The van der Waals surface area contributed by atoms with Gasteiger partial charge in [-0.25, -0.2) is 0 Å². The predicted octanol–water partition coefficient (Wildman–Crippen LogP) is 5.56. The average Bonchev–Trinajstić information content (AvgIpc) is 3.52. The first kappa shape index (κ1) is 22.4. The van der Waals surface area contributed by atoms with Gasteiger partial charge in [0.1, 0.15) is 22.9 Å². The van der Waals surface area contributed by atoms with Crippen molar-refractivity contribution in [2.24, 2.45) is 0 Å². The number of fused-ring (bicyclic) bond motifs is 1. The van der Waals surface area contributed by atoms with E-state index in [1.54, 1.807) is 54.5 Å². The highest BCUT2D eigenvalue weighted by Crippen LogP contribution is 2.48. The predicted molar refractivity (Wildman–Crippen MR) is 128 cm³/mol. The molecular weight excluding hydrogens is 526 g/mol. The highest BCUT2D eigenvalue weighted by molar-refractivity contribution is 9.10. The summed E-state index contributed by atoms with van der Waals surface area (Å²) >= 11 is 9.72. The second kappa shape index (κ2) is 8.41. The number of amides is 1. The molecule has 0 spiro atoms. The average molecular weight is 545 g/mol. The van der Waals surface area contributed by atoms with Crippen molar-refractivity contribution in [3.05, 3.63) is 80.3 Å². The molecule has 0 radical (unpaired) electrons. The third-order valence-corrected chi connectivity index (χ3v) is 6.90. The zero-order valence-electron chi connectivity index (χ0n) is 18.1. The number of carbonyl (C=O) groups excluding carboxylic acids is 1. The van der Waals surface area contributed by atoms with Crippen molar-refractivity contribution in [1.82, 2.24) is 15.1 Å². The molecule has 1 aliphatic rings. The number of aromatic amines is 1. The van der Waals surface area contributed by atoms with E-state index in [2.05, 4.69) is 26.1 Å². The summed E-state index contributed by atoms with van der Waals surface area (Å²) in [6.07, 6.45) is 1.55. The number of benzene rings is 2. The van der Waals surface area contributed by atoms with E-state index >= 15 is 0 Å². The Hall–Kier alpha value is -3.43. The molecule has 1 aliphatic heterocycles. The molecule has 10 heteroatoms. The van der Waals surface area contributed by atoms with E-state index in [0.29, 0.717) is 43.3 Å². The van der Waals surface area contributed by atoms with Gasteiger partial charge in [-0.3, -0.25) is 9.89 Å². The quantitative estimate of drug-likeness (QED) is 0.303. The fourth-order valence-corrected chi connectivity index (χ4v) is 4.87. The highest BCUT2D eigenvalue weighted by atomic mass is 79.9. The highest BCUT2D eigenvalue weighted by Gasteiger charge is 2.43. The number of furan rings is 1. The number of ether oxygens (including phenoxy) is 1. The van der Waals surface area contributed by atoms with Gasteiger partial charge in [-0.05, 0) is 70.4 Å². The van der Waals surface area contributed by atoms with E-state index in [0.717, 1.165) is 5.56 Å². The molecule has 0 saturated carbocycles. The van der Waals surface area contributed by atoms with Crippen molar-refractivity contribution in [3.8, 4) is 28.5 Å². The first-order valence-corrected chi connectivity index (χ1v) is 11.4. The number of nitrogens with zero attached hydrogens (tertiary/aromatic N) is 2. The van der Waals surface area contributed by atoms with Gasteiger partial charge in [-0.15, -0.1) is 0 Å². The molecule has 1 atom stereocenters. The summed E-state index contributed by atoms with van der Waals surface area (Å²) in [5, 5.41) is 28.7. The zero-order chi connectivity index (χ0) is 24.1. The SMILES string of the molecule is COc1cc(C2c3c(-c4cc(Cl)c(C)cc4O)n[nH]c3C(=O)N2Cc2ccco2)cc(Br)c1O. The molecule has 4 aromatic rings. The summed E-state index contributed by atoms with van der Waals surface area (Å²) < 4.78 is 11.3. The number of aryl methyl sites for hydroxylation is 1. The van der Waals surface area contributed by atoms with Crippen LogP contribution in [0.3, 0.4) is 0 Å². The van der Waals surface area contributed by atoms with Crippen LogP contribution < -0.4 is 4.74 Å². The Morgan fingerprint density at radius 3 is 2.79 bits per heavy atom. The van der Waals surface area contributed by atoms with Crippen molar-refractivity contribution in [2.45, 2.75) is 19.5 Å². The number of aromatic nitrogens is 2. The minimum Gasteiger partial charge on any atom is -0.507 e. The van der Waals surface area contributed by atoms with Crippen LogP contribution in [0, 0.1) is 6.92 Å². The first-order valence-electron chi connectivity index (χ1n) is 10.3. The number of aromatic hydroxyl groups is 2. The maximum Gasteiger partial charge on any atom is 0.273 e. The number of halogens is 2. The Kier molecular flexibility index (Phi) is 5.53. The van der Waals surface area contributed by atoms with E-state index in [9.17, 15) is 15.0 Å². The minimum atomic E-state index is -0.619. The maximum absolute atomic E-state index is 13.5. The van der Waals surface area contributed by atoms with Crippen LogP contribution in [0.15, 0.2) is 51.6 Å². The second-order valence-electron chi connectivity index (χ2n) is 7.95. The lowest BCUT2D eigenvalue weighted by Gasteiger charge is -2.26. The summed E-state index contributed by atoms with van der Waals surface area (Å²) in [5.41, 5.74) is 3.06. The van der Waals surface area contributed by atoms with Gasteiger partial charge >= 0.3 is 0 Å². The molecule has 1 unspecified atom stereocenters. The van der Waals surface area contributed by atoms with Gasteiger partial charge in [0.05, 0.1) is 30.4 Å². The lowest BCUT2D eigenvalue weighted by Crippen LogP contribution is -2.29. The fourth-order valence-electron chi connectivity index (χ4n) is 4.25. The molecule has 174 valence electrons. The standard InChI is InChI=1S/C24H19BrClN3O5/c1-11-6-17(30)14(9-16(11)26)20-19-21(28-27-20)24(32)29(10-13-4-3-5-34-13)22(19)12-7-15(25)23(31)18(8-12)33-2/h3-9,22,30-31H,10H2,1-2H3,(H,27,28). The van der Waals surface area contributed by atoms with Crippen LogP contribution in [0.4, 0.5) is 0 Å². The van der Waals surface area contributed by atoms with Gasteiger partial charge in [0.25, 0.3) is 5.91 Å². The van der Waals surface area contributed by atoms with Crippen molar-refractivity contribution in [3.63, 3.8) is 0 Å². The van der Waals surface area contributed by atoms with Gasteiger partial charge in [-0.1, -0.05) is 11.6 Å². The van der Waals surface area contributed by atoms with E-state index in [1.807, 2.05) is 0 Å². The molecule has 0 bridgehead atoms. The molecular formula is C24H19BrClN3O5. The van der Waals surface area contributed by atoms with Gasteiger partial charge in [0.15, 0.2) is 11.5 Å². The molecule has 0 aliphatic carbocycles. The summed E-state index contributed by atoms with van der Waals surface area (Å²) in [4.78, 5) is 15.1. The normalized spacial score (nSPS) is 15.1. The number of phenols is 2. The lowest BCUT2D eigenvalue weighted by atomic mass is 9.95. The zero-order valence-corrected chi connectivity index (χ0v) is 20.4. The number of carbonyl (C=O) groups is 1. The van der Waals surface area contributed by atoms with Crippen LogP contribution >= 0.6 is 27.5 Å². The summed E-state index contributed by atoms with van der Waals surface area (Å²) in [6, 6.07) is 9.50. The first-order chi connectivity index (χ1) is 16.3. The molecule has 5 rings (SSSR count). The largest absolute Gasteiger partial charge is 0.507 e. The summed E-state index contributed by atoms with van der Waals surface area (Å²) in [7, 11) is 1.45. The fraction of sp³-hybridized carbons (Fsp3) is 0.167. The Morgan fingerprint density at radius 1 is 1.29 bits per heavy atom. The van der Waals surface area contributed by atoms with Crippen molar-refractivity contribution < 1.29 is 24.2 Å². The summed E-state index contributed by atoms with van der Waals surface area (Å²) in [6.45, 7) is 1.98. The molecule has 2 aromatic heterocycles. The number of H-pyrrole nitrogens is 1. The van der Waals surface area contributed by atoms with Crippen LogP contribution in [0.2, 0.25) is 5.02 Å². The van der Waals surface area contributed by atoms with E-state index < -0.39 is 6.04 Å². The number of hydrogen-bond acceptors (Lipinski definition) is 6. The summed E-state index contributed by atoms with van der Waals surface area (Å²) in [5.74, 6) is 0.509. The Balaban J connectivity index is 1.73. The van der Waals surface area contributed by atoms with E-state index in [1.165, 1.54) is 7.11 Å². The molecule has 2 aromatic carbocycles. The van der Waals surface area contributed by atoms with Crippen molar-refractivity contribution in [1.29, 1.82) is 0 Å². The van der Waals surface area contributed by atoms with Gasteiger partial charge < -0.3 is 24.3 Å². The minimum absolute atomic E-state index is 0.00338. The molecule has 8 nitrogen and oxygen atoms in total. The van der Waals surface area contributed by atoms with Crippen LogP contribution in [0.25, 0.3) is 11.3 Å². The molecule has 0 saturated heterocycles. The molecule has 3 heterocycles. The molecule has 1 amide bonds. The molecule has 0 fully saturated rings. The smallest absolute Gasteiger partial charge is 0.273 e. The van der Waals surface area contributed by atoms with E-state index in [-0.39, 0.29) is 29.7 Å². The Labute approximate surface area is 207 Å².